The lowest BCUT2D eigenvalue weighted by Gasteiger charge is -2.13. The second kappa shape index (κ2) is 7.84. The highest BCUT2D eigenvalue weighted by Crippen LogP contribution is 2.37. The van der Waals surface area contributed by atoms with Crippen LogP contribution in [0.1, 0.15) is 0 Å². The van der Waals surface area contributed by atoms with Gasteiger partial charge in [0.2, 0.25) is 0 Å². The third-order valence-electron chi connectivity index (χ3n) is 5.87. The molecule has 0 amide bonds. The minimum atomic E-state index is 0.476. The molecule has 5 aromatic carbocycles. The van der Waals surface area contributed by atoms with Crippen LogP contribution in [0.2, 0.25) is 5.15 Å². The van der Waals surface area contributed by atoms with E-state index >= 15 is 0 Å². The molecule has 0 unspecified atom stereocenters. The van der Waals surface area contributed by atoms with Crippen molar-refractivity contribution in [1.29, 1.82) is 0 Å². The average Bonchev–Trinajstić information content (AvgIpc) is 2.83. The molecular weight excluding hydrogens is 527 g/mol. The highest BCUT2D eigenvalue weighted by molar-refractivity contribution is 14.1. The van der Waals surface area contributed by atoms with Gasteiger partial charge in [0.1, 0.15) is 5.15 Å². The number of hydrogen-bond acceptors (Lipinski definition) is 2. The summed E-state index contributed by atoms with van der Waals surface area (Å²) < 4.78 is 0.639. The van der Waals surface area contributed by atoms with Gasteiger partial charge < -0.3 is 0 Å². The second-order valence-corrected chi connectivity index (χ2v) is 9.15. The van der Waals surface area contributed by atoms with Crippen molar-refractivity contribution < 1.29 is 0 Å². The number of nitrogens with zero attached hydrogens (tertiary/aromatic N) is 2. The molecule has 152 valence electrons. The maximum atomic E-state index is 6.62. The van der Waals surface area contributed by atoms with Gasteiger partial charge in [0.05, 0.1) is 5.52 Å². The van der Waals surface area contributed by atoms with E-state index in [1.807, 2.05) is 0 Å². The quantitative estimate of drug-likeness (QED) is 0.124. The van der Waals surface area contributed by atoms with Crippen LogP contribution in [0.3, 0.4) is 0 Å². The van der Waals surface area contributed by atoms with E-state index in [0.29, 0.717) is 8.98 Å². The van der Waals surface area contributed by atoms with Crippen molar-refractivity contribution in [3.63, 3.8) is 0 Å². The van der Waals surface area contributed by atoms with Gasteiger partial charge in [0.25, 0.3) is 0 Å². The molecule has 0 N–H and O–H groups in total. The van der Waals surface area contributed by atoms with Crippen molar-refractivity contribution in [2.75, 3.05) is 0 Å². The summed E-state index contributed by atoms with van der Waals surface area (Å²) in [6, 6.07) is 34.2. The summed E-state index contributed by atoms with van der Waals surface area (Å²) in [6.45, 7) is 0. The monoisotopic (exact) mass is 542 g/mol. The molecule has 0 atom stereocenters. The fraction of sp³-hybridized carbons (Fsp3) is 0. The van der Waals surface area contributed by atoms with Gasteiger partial charge in [-0.1, -0.05) is 84.4 Å². The summed E-state index contributed by atoms with van der Waals surface area (Å²) in [5.74, 6) is 0. The molecule has 0 saturated carbocycles. The summed E-state index contributed by atoms with van der Waals surface area (Å²) >= 11 is 8.74. The molecule has 0 fully saturated rings. The Hall–Kier alpha value is -3.02. The third kappa shape index (κ3) is 3.42. The van der Waals surface area contributed by atoms with Gasteiger partial charge in [0, 0.05) is 33.5 Å². The Morgan fingerprint density at radius 1 is 0.562 bits per heavy atom. The van der Waals surface area contributed by atoms with Crippen LogP contribution in [0.4, 0.5) is 0 Å². The van der Waals surface area contributed by atoms with Crippen molar-refractivity contribution >= 4 is 66.6 Å². The Labute approximate surface area is 204 Å². The van der Waals surface area contributed by atoms with Crippen molar-refractivity contribution in [1.82, 2.24) is 9.97 Å². The van der Waals surface area contributed by atoms with E-state index in [1.165, 1.54) is 21.5 Å². The molecule has 6 rings (SSSR count). The van der Waals surface area contributed by atoms with Gasteiger partial charge in [-0.25, -0.2) is 9.97 Å². The topological polar surface area (TPSA) is 25.8 Å². The molecule has 32 heavy (non-hydrogen) atoms. The minimum Gasteiger partial charge on any atom is -0.222 e. The van der Waals surface area contributed by atoms with Crippen molar-refractivity contribution in [3.8, 4) is 22.3 Å². The smallest absolute Gasteiger partial charge is 0.192 e. The molecule has 0 saturated heterocycles. The lowest BCUT2D eigenvalue weighted by Crippen LogP contribution is -1.94. The molecule has 4 heteroatoms. The van der Waals surface area contributed by atoms with Crippen LogP contribution >= 0.6 is 34.2 Å². The fourth-order valence-electron chi connectivity index (χ4n) is 4.28. The van der Waals surface area contributed by atoms with Crippen molar-refractivity contribution in [2.45, 2.75) is 0 Å². The average molecular weight is 543 g/mol. The van der Waals surface area contributed by atoms with Crippen LogP contribution in [-0.4, -0.2) is 9.97 Å². The summed E-state index contributed by atoms with van der Waals surface area (Å²) in [7, 11) is 0. The SMILES string of the molecule is Clc1nc(I)nc2c(-c3ccc4ccccc4c3)cc(-c3ccc4ccccc4c3)cc12. The summed E-state index contributed by atoms with van der Waals surface area (Å²) in [5, 5.41) is 6.19. The van der Waals surface area contributed by atoms with Crippen LogP contribution in [0.25, 0.3) is 54.7 Å². The Morgan fingerprint density at radius 2 is 1.16 bits per heavy atom. The number of benzene rings is 5. The number of aromatic nitrogens is 2. The van der Waals surface area contributed by atoms with Gasteiger partial charge in [-0.2, -0.15) is 0 Å². The fourth-order valence-corrected chi connectivity index (χ4v) is 5.13. The molecule has 0 aliphatic rings. The Bertz CT molecular complexity index is 1660. The zero-order valence-electron chi connectivity index (χ0n) is 16.9. The van der Waals surface area contributed by atoms with E-state index in [9.17, 15) is 0 Å². The van der Waals surface area contributed by atoms with Gasteiger partial charge in [-0.05, 0) is 62.5 Å². The van der Waals surface area contributed by atoms with E-state index in [-0.39, 0.29) is 0 Å². The Morgan fingerprint density at radius 3 is 1.84 bits per heavy atom. The maximum absolute atomic E-state index is 6.62. The molecule has 0 aliphatic heterocycles. The Balaban J connectivity index is 1.65. The van der Waals surface area contributed by atoms with E-state index in [2.05, 4.69) is 125 Å². The van der Waals surface area contributed by atoms with E-state index in [1.54, 1.807) is 0 Å². The third-order valence-corrected chi connectivity index (χ3v) is 6.64. The minimum absolute atomic E-state index is 0.476. The van der Waals surface area contributed by atoms with E-state index in [0.717, 1.165) is 33.2 Å². The van der Waals surface area contributed by atoms with E-state index in [4.69, 9.17) is 16.6 Å². The summed E-state index contributed by atoms with van der Waals surface area (Å²) in [6.07, 6.45) is 0. The first kappa shape index (κ1) is 19.6. The van der Waals surface area contributed by atoms with Crippen LogP contribution in [0.5, 0.6) is 0 Å². The second-order valence-electron chi connectivity index (χ2n) is 7.83. The molecule has 1 aromatic heterocycles. The highest BCUT2D eigenvalue weighted by atomic mass is 127. The summed E-state index contributed by atoms with van der Waals surface area (Å²) in [4.78, 5) is 9.18. The van der Waals surface area contributed by atoms with Crippen LogP contribution in [-0.2, 0) is 0 Å². The lowest BCUT2D eigenvalue weighted by atomic mass is 9.94. The number of halogens is 2. The number of hydrogen-bond donors (Lipinski definition) is 0. The normalized spacial score (nSPS) is 11.4. The van der Waals surface area contributed by atoms with E-state index < -0.39 is 0 Å². The Kier molecular flexibility index (Phi) is 4.81. The molecule has 0 bridgehead atoms. The molecular formula is C28H16ClIN2. The molecule has 0 aliphatic carbocycles. The van der Waals surface area contributed by atoms with Crippen molar-refractivity contribution in [3.05, 3.63) is 106 Å². The van der Waals surface area contributed by atoms with Crippen molar-refractivity contribution in [2.24, 2.45) is 0 Å². The predicted molar refractivity (Wildman–Crippen MR) is 143 cm³/mol. The first-order valence-corrected chi connectivity index (χ1v) is 11.8. The molecule has 2 nitrogen and oxygen atoms in total. The molecule has 0 spiro atoms. The first-order valence-electron chi connectivity index (χ1n) is 10.3. The molecule has 6 aromatic rings. The molecule has 1 heterocycles. The summed E-state index contributed by atoms with van der Waals surface area (Å²) in [5.41, 5.74) is 5.27. The number of fused-ring (bicyclic) bond motifs is 3. The predicted octanol–water partition coefficient (Wildman–Crippen LogP) is 8.53. The van der Waals surface area contributed by atoms with Gasteiger partial charge >= 0.3 is 0 Å². The highest BCUT2D eigenvalue weighted by Gasteiger charge is 2.14. The van der Waals surface area contributed by atoms with Crippen LogP contribution in [0.15, 0.2) is 97.1 Å². The molecule has 0 radical (unpaired) electrons. The first-order chi connectivity index (χ1) is 15.7. The number of rotatable bonds is 2. The standard InChI is InChI=1S/C28H16ClIN2/c29-27-25-16-23(21-11-9-17-5-1-3-7-19(17)13-21)15-24(26(25)31-28(30)32-27)22-12-10-18-6-2-4-8-20(18)14-22/h1-16H. The van der Waals surface area contributed by atoms with Crippen LogP contribution in [0, 0.1) is 3.83 Å². The van der Waals surface area contributed by atoms with Crippen LogP contribution < -0.4 is 0 Å². The van der Waals surface area contributed by atoms with Gasteiger partial charge in [-0.3, -0.25) is 0 Å². The largest absolute Gasteiger partial charge is 0.222 e. The van der Waals surface area contributed by atoms with Gasteiger partial charge in [-0.15, -0.1) is 0 Å². The zero-order valence-corrected chi connectivity index (χ0v) is 19.8. The maximum Gasteiger partial charge on any atom is 0.192 e. The lowest BCUT2D eigenvalue weighted by molar-refractivity contribution is 1.15. The zero-order chi connectivity index (χ0) is 21.7. The van der Waals surface area contributed by atoms with Gasteiger partial charge in [0.15, 0.2) is 3.83 Å².